The molecule has 1 heterocycles. The fourth-order valence-electron chi connectivity index (χ4n) is 2.45. The largest absolute Gasteiger partial charge is 0.394 e. The third-order valence-corrected chi connectivity index (χ3v) is 3.69. The van der Waals surface area contributed by atoms with Crippen molar-refractivity contribution in [3.05, 3.63) is 0 Å². The van der Waals surface area contributed by atoms with Crippen molar-refractivity contribution in [2.45, 2.75) is 19.0 Å². The van der Waals surface area contributed by atoms with Gasteiger partial charge in [-0.25, -0.2) is 0 Å². The van der Waals surface area contributed by atoms with Gasteiger partial charge in [-0.05, 0) is 45.9 Å². The number of nitrogens with two attached hydrogens (primary N) is 1. The molecule has 3 nitrogen and oxygen atoms in total. The van der Waals surface area contributed by atoms with Gasteiger partial charge in [-0.15, -0.1) is 0 Å². The van der Waals surface area contributed by atoms with Crippen LogP contribution in [0.15, 0.2) is 0 Å². The van der Waals surface area contributed by atoms with E-state index in [1.54, 1.807) is 11.9 Å². The summed E-state index contributed by atoms with van der Waals surface area (Å²) in [4.78, 5) is 4.04. The smallest absolute Gasteiger partial charge is 0.330 e. The lowest BCUT2D eigenvalue weighted by molar-refractivity contribution is -0.175. The summed E-state index contributed by atoms with van der Waals surface area (Å²) in [5.41, 5.74) is 5.21. The minimum atomic E-state index is -4.18. The van der Waals surface area contributed by atoms with Gasteiger partial charge in [-0.1, -0.05) is 0 Å². The maximum Gasteiger partial charge on any atom is 0.394 e. The molecule has 1 aliphatic rings. The highest BCUT2D eigenvalue weighted by molar-refractivity contribution is 4.76. The van der Waals surface area contributed by atoms with E-state index in [-0.39, 0.29) is 13.1 Å². The first kappa shape index (κ1) is 15.7. The normalized spacial score (nSPS) is 21.5. The molecule has 0 amide bonds. The van der Waals surface area contributed by atoms with Crippen LogP contribution < -0.4 is 5.73 Å². The molecule has 18 heavy (non-hydrogen) atoms. The van der Waals surface area contributed by atoms with Crippen LogP contribution in [0.3, 0.4) is 0 Å². The molecule has 1 atom stereocenters. The van der Waals surface area contributed by atoms with E-state index in [0.717, 1.165) is 32.5 Å². The number of likely N-dealkylation sites (tertiary alicyclic amines) is 1. The molecular formula is C12H24F3N3. The summed E-state index contributed by atoms with van der Waals surface area (Å²) in [6, 6.07) is 0. The Balaban J connectivity index is 2.34. The molecule has 0 aliphatic carbocycles. The van der Waals surface area contributed by atoms with Crippen molar-refractivity contribution in [2.24, 2.45) is 17.6 Å². The minimum absolute atomic E-state index is 0.00629. The third kappa shape index (κ3) is 5.12. The summed E-state index contributed by atoms with van der Waals surface area (Å²) in [5, 5.41) is 0. The molecular weight excluding hydrogens is 243 g/mol. The molecule has 1 unspecified atom stereocenters. The average molecular weight is 267 g/mol. The van der Waals surface area contributed by atoms with Crippen LogP contribution in [0.4, 0.5) is 13.2 Å². The van der Waals surface area contributed by atoms with Crippen LogP contribution in [-0.4, -0.2) is 62.8 Å². The third-order valence-electron chi connectivity index (χ3n) is 3.69. The van der Waals surface area contributed by atoms with Gasteiger partial charge in [0.25, 0.3) is 0 Å². The predicted molar refractivity (Wildman–Crippen MR) is 66.3 cm³/mol. The Bertz CT molecular complexity index is 237. The summed E-state index contributed by atoms with van der Waals surface area (Å²) in [6.45, 7) is 2.49. The van der Waals surface area contributed by atoms with E-state index in [9.17, 15) is 13.2 Å². The lowest BCUT2D eigenvalue weighted by Crippen LogP contribution is -2.42. The topological polar surface area (TPSA) is 32.5 Å². The zero-order chi connectivity index (χ0) is 13.8. The Kier molecular flexibility index (Phi) is 5.88. The first-order valence-corrected chi connectivity index (χ1v) is 6.46. The van der Waals surface area contributed by atoms with Crippen molar-refractivity contribution in [2.75, 3.05) is 46.8 Å². The van der Waals surface area contributed by atoms with E-state index < -0.39 is 12.1 Å². The number of piperidine rings is 1. The van der Waals surface area contributed by atoms with Crippen LogP contribution in [0, 0.1) is 11.8 Å². The van der Waals surface area contributed by atoms with E-state index in [1.165, 1.54) is 0 Å². The van der Waals surface area contributed by atoms with Crippen molar-refractivity contribution in [1.29, 1.82) is 0 Å². The number of hydrogen-bond donors (Lipinski definition) is 1. The molecule has 2 N–H and O–H groups in total. The fraction of sp³-hybridized carbons (Fsp3) is 1.00. The van der Waals surface area contributed by atoms with E-state index in [1.807, 2.05) is 0 Å². The van der Waals surface area contributed by atoms with Gasteiger partial charge in [0.05, 0.1) is 5.92 Å². The van der Waals surface area contributed by atoms with Crippen LogP contribution >= 0.6 is 0 Å². The Morgan fingerprint density at radius 3 is 2.33 bits per heavy atom. The first-order valence-electron chi connectivity index (χ1n) is 6.46. The van der Waals surface area contributed by atoms with Crippen molar-refractivity contribution in [1.82, 2.24) is 9.80 Å². The summed E-state index contributed by atoms with van der Waals surface area (Å²) in [7, 11) is 3.83. The second kappa shape index (κ2) is 6.73. The SMILES string of the molecule is CN1CCC(CN(C)CC(CN)C(F)(F)F)CC1. The first-order chi connectivity index (χ1) is 8.32. The van der Waals surface area contributed by atoms with E-state index in [0.29, 0.717) is 5.92 Å². The Labute approximate surface area is 107 Å². The quantitative estimate of drug-likeness (QED) is 0.817. The summed E-state index contributed by atoms with van der Waals surface area (Å²) in [6.07, 6.45) is -2.05. The molecule has 108 valence electrons. The number of alkyl halides is 3. The number of hydrogen-bond acceptors (Lipinski definition) is 3. The molecule has 1 aliphatic heterocycles. The predicted octanol–water partition coefficient (Wildman–Crippen LogP) is 1.40. The number of halogens is 3. The van der Waals surface area contributed by atoms with Gasteiger partial charge in [0.15, 0.2) is 0 Å². The van der Waals surface area contributed by atoms with Crippen LogP contribution in [-0.2, 0) is 0 Å². The highest BCUT2D eigenvalue weighted by Gasteiger charge is 2.39. The van der Waals surface area contributed by atoms with Crippen LogP contribution in [0.5, 0.6) is 0 Å². The number of nitrogens with zero attached hydrogens (tertiary/aromatic N) is 2. The highest BCUT2D eigenvalue weighted by Crippen LogP contribution is 2.26. The van der Waals surface area contributed by atoms with Crippen molar-refractivity contribution < 1.29 is 13.2 Å². The maximum atomic E-state index is 12.6. The van der Waals surface area contributed by atoms with Crippen molar-refractivity contribution in [3.63, 3.8) is 0 Å². The molecule has 0 bridgehead atoms. The van der Waals surface area contributed by atoms with Gasteiger partial charge in [0.1, 0.15) is 0 Å². The molecule has 1 fully saturated rings. The van der Waals surface area contributed by atoms with E-state index in [2.05, 4.69) is 11.9 Å². The number of rotatable bonds is 5. The molecule has 1 rings (SSSR count). The van der Waals surface area contributed by atoms with Gasteiger partial charge in [0, 0.05) is 19.6 Å². The Morgan fingerprint density at radius 2 is 1.89 bits per heavy atom. The van der Waals surface area contributed by atoms with Crippen LogP contribution in [0.25, 0.3) is 0 Å². The van der Waals surface area contributed by atoms with E-state index >= 15 is 0 Å². The summed E-state index contributed by atoms with van der Waals surface area (Å²) < 4.78 is 37.8. The standard InChI is InChI=1S/C12H24F3N3/c1-17-5-3-10(4-6-17)8-18(2)9-11(7-16)12(13,14)15/h10-11H,3-9,16H2,1-2H3. The molecule has 0 spiro atoms. The molecule has 1 saturated heterocycles. The van der Waals surface area contributed by atoms with Crippen LogP contribution in [0.1, 0.15) is 12.8 Å². The van der Waals surface area contributed by atoms with Crippen LogP contribution in [0.2, 0.25) is 0 Å². The molecule has 0 aromatic heterocycles. The highest BCUT2D eigenvalue weighted by atomic mass is 19.4. The lowest BCUT2D eigenvalue weighted by atomic mass is 9.96. The van der Waals surface area contributed by atoms with E-state index in [4.69, 9.17) is 5.73 Å². The molecule has 6 heteroatoms. The maximum absolute atomic E-state index is 12.6. The van der Waals surface area contributed by atoms with Crippen molar-refractivity contribution >= 4 is 0 Å². The zero-order valence-corrected chi connectivity index (χ0v) is 11.2. The van der Waals surface area contributed by atoms with Gasteiger partial charge in [-0.2, -0.15) is 13.2 Å². The summed E-state index contributed by atoms with van der Waals surface area (Å²) >= 11 is 0. The van der Waals surface area contributed by atoms with Gasteiger partial charge in [-0.3, -0.25) is 0 Å². The monoisotopic (exact) mass is 267 g/mol. The van der Waals surface area contributed by atoms with Gasteiger partial charge in [0.2, 0.25) is 0 Å². The zero-order valence-electron chi connectivity index (χ0n) is 11.2. The molecule has 0 radical (unpaired) electrons. The molecule has 0 saturated carbocycles. The minimum Gasteiger partial charge on any atom is -0.330 e. The molecule has 0 aromatic rings. The second-order valence-corrected chi connectivity index (χ2v) is 5.44. The fourth-order valence-corrected chi connectivity index (χ4v) is 2.45. The second-order valence-electron chi connectivity index (χ2n) is 5.44. The van der Waals surface area contributed by atoms with Gasteiger partial charge < -0.3 is 15.5 Å². The summed E-state index contributed by atoms with van der Waals surface area (Å²) in [5.74, 6) is -0.897. The van der Waals surface area contributed by atoms with Crippen molar-refractivity contribution in [3.8, 4) is 0 Å². The van der Waals surface area contributed by atoms with Gasteiger partial charge >= 0.3 is 6.18 Å². The molecule has 0 aromatic carbocycles. The Hall–Kier alpha value is -0.330. The lowest BCUT2D eigenvalue weighted by Gasteiger charge is -2.33. The average Bonchev–Trinajstić information content (AvgIpc) is 2.27. The Morgan fingerprint density at radius 1 is 1.33 bits per heavy atom.